The summed E-state index contributed by atoms with van der Waals surface area (Å²) in [6, 6.07) is 4.85. The number of carboxylic acids is 1. The number of carbonyl (C=O) groups excluding carboxylic acids is 2. The zero-order valence-electron chi connectivity index (χ0n) is 11.2. The molecule has 10 heteroatoms. The molecule has 9 nitrogen and oxygen atoms in total. The normalized spacial score (nSPS) is 11.6. The van der Waals surface area contributed by atoms with Crippen molar-refractivity contribution >= 4 is 33.5 Å². The average Bonchev–Trinajstić information content (AvgIpc) is 2.37. The maximum Gasteiger partial charge on any atom is 0.332 e. The molecule has 2 amide bonds. The van der Waals surface area contributed by atoms with E-state index in [2.05, 4.69) is 5.32 Å². The molecule has 0 unspecified atom stereocenters. The molecule has 0 aliphatic heterocycles. The van der Waals surface area contributed by atoms with Crippen molar-refractivity contribution in [3.05, 3.63) is 36.1 Å². The van der Waals surface area contributed by atoms with Gasteiger partial charge in [0.15, 0.2) is 5.76 Å². The molecule has 1 rings (SSSR count). The molecule has 0 aliphatic rings. The molecule has 4 N–H and O–H groups in total. The van der Waals surface area contributed by atoms with Gasteiger partial charge in [-0.25, -0.2) is 17.9 Å². The number of nitrogens with one attached hydrogen (secondary N) is 2. The Balaban J connectivity index is 2.93. The van der Waals surface area contributed by atoms with Gasteiger partial charge < -0.3 is 15.5 Å². The first-order chi connectivity index (χ1) is 10.1. The van der Waals surface area contributed by atoms with Crippen LogP contribution in [0.2, 0.25) is 0 Å². The third-order valence-electron chi connectivity index (χ3n) is 2.20. The monoisotopic (exact) mass is 328 g/mol. The molecular formula is C12H12N2O7S. The number of hydrogen-bond acceptors (Lipinski definition) is 6. The summed E-state index contributed by atoms with van der Waals surface area (Å²) >= 11 is 0. The molecule has 0 aliphatic carbocycles. The Morgan fingerprint density at radius 1 is 1.09 bits per heavy atom. The van der Waals surface area contributed by atoms with Gasteiger partial charge in [-0.3, -0.25) is 9.59 Å². The second kappa shape index (κ2) is 6.72. The summed E-state index contributed by atoms with van der Waals surface area (Å²) in [6.45, 7) is 1.28. The van der Waals surface area contributed by atoms with E-state index >= 15 is 0 Å². The summed E-state index contributed by atoms with van der Waals surface area (Å²) < 4.78 is 25.2. The van der Waals surface area contributed by atoms with Crippen LogP contribution in [0.25, 0.3) is 0 Å². The number of sulfonamides is 1. The van der Waals surface area contributed by atoms with E-state index in [1.165, 1.54) is 23.8 Å². The maximum absolute atomic E-state index is 11.9. The first-order valence-corrected chi connectivity index (χ1v) is 7.18. The summed E-state index contributed by atoms with van der Waals surface area (Å²) in [4.78, 5) is 32.2. The minimum atomic E-state index is -4.29. The van der Waals surface area contributed by atoms with E-state index in [1.54, 1.807) is 0 Å². The molecule has 0 fully saturated rings. The van der Waals surface area contributed by atoms with Crippen LogP contribution in [0.5, 0.6) is 0 Å². The number of aliphatic hydroxyl groups excluding tert-OH is 1. The lowest BCUT2D eigenvalue weighted by Gasteiger charge is -2.07. The molecule has 0 aromatic heterocycles. The highest BCUT2D eigenvalue weighted by Crippen LogP contribution is 2.14. The van der Waals surface area contributed by atoms with Crippen LogP contribution >= 0.6 is 0 Å². The Kier molecular flexibility index (Phi) is 5.24. The molecule has 1 aromatic carbocycles. The number of hydrogen-bond donors (Lipinski definition) is 4. The first kappa shape index (κ1) is 17.2. The van der Waals surface area contributed by atoms with Crippen molar-refractivity contribution in [1.29, 1.82) is 0 Å². The van der Waals surface area contributed by atoms with Crippen LogP contribution in [0, 0.1) is 0 Å². The van der Waals surface area contributed by atoms with Crippen LogP contribution in [0.3, 0.4) is 0 Å². The molecule has 0 saturated heterocycles. The number of carboxylic acid groups (broad SMARTS) is 1. The maximum atomic E-state index is 11.9. The molecule has 118 valence electrons. The van der Waals surface area contributed by atoms with Crippen molar-refractivity contribution in [3.8, 4) is 0 Å². The van der Waals surface area contributed by atoms with E-state index in [0.717, 1.165) is 12.1 Å². The minimum absolute atomic E-state index is 0.157. The zero-order valence-corrected chi connectivity index (χ0v) is 12.0. The van der Waals surface area contributed by atoms with Crippen LogP contribution < -0.4 is 10.0 Å². The largest absolute Gasteiger partial charge is 0.503 e. The van der Waals surface area contributed by atoms with Gasteiger partial charge in [-0.1, -0.05) is 0 Å². The third-order valence-corrected chi connectivity index (χ3v) is 3.55. The molecule has 0 saturated carbocycles. The number of benzene rings is 1. The Morgan fingerprint density at radius 2 is 1.64 bits per heavy atom. The molecule has 0 spiro atoms. The fourth-order valence-corrected chi connectivity index (χ4v) is 2.30. The topological polar surface area (TPSA) is 150 Å². The van der Waals surface area contributed by atoms with Gasteiger partial charge in [-0.05, 0) is 24.3 Å². The summed E-state index contributed by atoms with van der Waals surface area (Å²) in [6.07, 6.45) is 0.157. The van der Waals surface area contributed by atoms with E-state index in [0.29, 0.717) is 5.69 Å². The molecule has 0 bridgehead atoms. The fourth-order valence-electron chi connectivity index (χ4n) is 1.34. The number of carbonyl (C=O) groups is 3. The highest BCUT2D eigenvalue weighted by molar-refractivity contribution is 7.90. The second-order valence-electron chi connectivity index (χ2n) is 4.01. The lowest BCUT2D eigenvalue weighted by atomic mass is 10.3. The molecule has 0 heterocycles. The van der Waals surface area contributed by atoms with Gasteiger partial charge in [0.25, 0.3) is 15.9 Å². The Labute approximate surface area is 125 Å². The van der Waals surface area contributed by atoms with Crippen LogP contribution in [0.1, 0.15) is 6.92 Å². The summed E-state index contributed by atoms with van der Waals surface area (Å²) in [5.74, 6) is -4.68. The molecule has 0 radical (unpaired) electrons. The summed E-state index contributed by atoms with van der Waals surface area (Å²) in [7, 11) is -4.29. The van der Waals surface area contributed by atoms with Crippen molar-refractivity contribution in [2.45, 2.75) is 11.8 Å². The predicted octanol–water partition coefficient (Wildman–Crippen LogP) is -0.0236. The van der Waals surface area contributed by atoms with Crippen LogP contribution in [-0.2, 0) is 24.4 Å². The van der Waals surface area contributed by atoms with Crippen molar-refractivity contribution in [2.24, 2.45) is 0 Å². The summed E-state index contributed by atoms with van der Waals surface area (Å²) in [5, 5.41) is 19.9. The Bertz CT molecular complexity index is 735. The smallest absolute Gasteiger partial charge is 0.332 e. The van der Waals surface area contributed by atoms with Crippen LogP contribution in [-0.4, -0.2) is 36.4 Å². The van der Waals surface area contributed by atoms with E-state index in [9.17, 15) is 22.8 Å². The van der Waals surface area contributed by atoms with Crippen LogP contribution in [0.4, 0.5) is 5.69 Å². The van der Waals surface area contributed by atoms with Gasteiger partial charge in [-0.2, -0.15) is 0 Å². The van der Waals surface area contributed by atoms with E-state index in [-0.39, 0.29) is 16.9 Å². The number of anilines is 1. The lowest BCUT2D eigenvalue weighted by Crippen LogP contribution is -2.32. The highest BCUT2D eigenvalue weighted by atomic mass is 32.2. The number of amides is 2. The predicted molar refractivity (Wildman–Crippen MR) is 74.4 cm³/mol. The quantitative estimate of drug-likeness (QED) is 0.438. The fraction of sp³-hybridized carbons (Fsp3) is 0.0833. The standard InChI is InChI=1S/C12H12N2O7S/c1-7(15)13-8-2-4-9(5-3-8)22(20,21)14-12(19)10(16)6-11(17)18/h2-6,16H,1H3,(H,13,15)(H,14,19)(H,17,18). The molecule has 1 aromatic rings. The third kappa shape index (κ3) is 4.90. The Hall–Kier alpha value is -2.88. The van der Waals surface area contributed by atoms with Gasteiger partial charge in [0, 0.05) is 12.6 Å². The summed E-state index contributed by atoms with van der Waals surface area (Å²) in [5.41, 5.74) is 0.353. The van der Waals surface area contributed by atoms with Crippen LogP contribution in [0.15, 0.2) is 41.0 Å². The molecular weight excluding hydrogens is 316 g/mol. The van der Waals surface area contributed by atoms with Gasteiger partial charge in [-0.15, -0.1) is 0 Å². The van der Waals surface area contributed by atoms with E-state index < -0.39 is 27.7 Å². The average molecular weight is 328 g/mol. The second-order valence-corrected chi connectivity index (χ2v) is 5.69. The number of aliphatic hydroxyl groups is 1. The zero-order chi connectivity index (χ0) is 16.9. The number of rotatable bonds is 5. The van der Waals surface area contributed by atoms with Gasteiger partial charge in [0.05, 0.1) is 11.0 Å². The van der Waals surface area contributed by atoms with Crippen molar-refractivity contribution in [3.63, 3.8) is 0 Å². The van der Waals surface area contributed by atoms with E-state index in [1.807, 2.05) is 0 Å². The highest BCUT2D eigenvalue weighted by Gasteiger charge is 2.20. The lowest BCUT2D eigenvalue weighted by molar-refractivity contribution is -0.132. The molecule has 22 heavy (non-hydrogen) atoms. The van der Waals surface area contributed by atoms with Crippen molar-refractivity contribution in [2.75, 3.05) is 5.32 Å². The van der Waals surface area contributed by atoms with Gasteiger partial charge >= 0.3 is 5.97 Å². The van der Waals surface area contributed by atoms with Crippen molar-refractivity contribution in [1.82, 2.24) is 4.72 Å². The number of aliphatic carboxylic acids is 1. The first-order valence-electron chi connectivity index (χ1n) is 5.70. The van der Waals surface area contributed by atoms with Crippen molar-refractivity contribution < 1.29 is 33.0 Å². The van der Waals surface area contributed by atoms with E-state index in [4.69, 9.17) is 10.2 Å². The van der Waals surface area contributed by atoms with Gasteiger partial charge in [0.1, 0.15) is 0 Å². The molecule has 0 atom stereocenters. The minimum Gasteiger partial charge on any atom is -0.503 e. The van der Waals surface area contributed by atoms with Gasteiger partial charge in [0.2, 0.25) is 5.91 Å². The SMILES string of the molecule is CC(=O)Nc1ccc(S(=O)(=O)NC(=O)C(O)=CC(=O)O)cc1. The Morgan fingerprint density at radius 3 is 2.09 bits per heavy atom.